The van der Waals surface area contributed by atoms with Crippen molar-refractivity contribution in [3.8, 4) is 0 Å². The fourth-order valence-corrected chi connectivity index (χ4v) is 5.51. The first-order valence-corrected chi connectivity index (χ1v) is 12.3. The van der Waals surface area contributed by atoms with Crippen LogP contribution in [0.25, 0.3) is 0 Å². The first-order chi connectivity index (χ1) is 14.8. The van der Waals surface area contributed by atoms with Crippen LogP contribution in [0.3, 0.4) is 0 Å². The molecule has 0 radical (unpaired) electrons. The first-order valence-electron chi connectivity index (χ1n) is 10.9. The number of likely N-dealkylation sites (tertiary alicyclic amines) is 1. The van der Waals surface area contributed by atoms with E-state index >= 15 is 0 Å². The zero-order valence-electron chi connectivity index (χ0n) is 18.2. The lowest BCUT2D eigenvalue weighted by atomic mass is 9.95. The molecule has 2 heterocycles. The third-order valence-electron chi connectivity index (χ3n) is 6.17. The minimum atomic E-state index is -3.66. The number of rotatable bonds is 4. The van der Waals surface area contributed by atoms with Crippen molar-refractivity contribution in [1.29, 1.82) is 0 Å². The average Bonchev–Trinajstić information content (AvgIpc) is 3.05. The van der Waals surface area contributed by atoms with Crippen LogP contribution in [0.4, 0.5) is 0 Å². The largest absolute Gasteiger partial charge is 0.355 e. The van der Waals surface area contributed by atoms with E-state index < -0.39 is 10.0 Å². The molecule has 1 saturated heterocycles. The smallest absolute Gasteiger partial charge is 0.285 e. The van der Waals surface area contributed by atoms with E-state index in [4.69, 9.17) is 0 Å². The molecule has 0 aliphatic carbocycles. The zero-order chi connectivity index (χ0) is 22.2. The summed E-state index contributed by atoms with van der Waals surface area (Å²) in [5.74, 6) is 0.731. The highest BCUT2D eigenvalue weighted by Gasteiger charge is 2.35. The van der Waals surface area contributed by atoms with Gasteiger partial charge in [-0.1, -0.05) is 50.2 Å². The lowest BCUT2D eigenvalue weighted by Gasteiger charge is -2.34. The maximum atomic E-state index is 13.0. The van der Waals surface area contributed by atoms with Crippen molar-refractivity contribution in [2.45, 2.75) is 50.5 Å². The third kappa shape index (κ3) is 4.37. The summed E-state index contributed by atoms with van der Waals surface area (Å²) in [6.07, 6.45) is 1.60. The molecule has 6 nitrogen and oxygen atoms in total. The molecule has 2 unspecified atom stereocenters. The Kier molecular flexibility index (Phi) is 5.88. The van der Waals surface area contributed by atoms with Gasteiger partial charge in [-0.2, -0.15) is 8.42 Å². The van der Waals surface area contributed by atoms with E-state index in [0.717, 1.165) is 18.4 Å². The van der Waals surface area contributed by atoms with Crippen molar-refractivity contribution in [1.82, 2.24) is 10.2 Å². The van der Waals surface area contributed by atoms with Crippen molar-refractivity contribution in [2.24, 2.45) is 10.3 Å². The minimum absolute atomic E-state index is 0.000115. The number of piperidine rings is 1. The molecule has 0 bridgehead atoms. The Morgan fingerprint density at radius 1 is 1.06 bits per heavy atom. The van der Waals surface area contributed by atoms with Crippen LogP contribution >= 0.6 is 0 Å². The van der Waals surface area contributed by atoms with Gasteiger partial charge >= 0.3 is 0 Å². The molecule has 0 saturated carbocycles. The van der Waals surface area contributed by atoms with E-state index in [0.29, 0.717) is 30.4 Å². The summed E-state index contributed by atoms with van der Waals surface area (Å²) in [5.41, 5.74) is 2.98. The summed E-state index contributed by atoms with van der Waals surface area (Å²) >= 11 is 0. The average molecular weight is 440 g/mol. The van der Waals surface area contributed by atoms with Crippen LogP contribution in [-0.4, -0.2) is 38.2 Å². The lowest BCUT2D eigenvalue weighted by molar-refractivity contribution is -0.126. The summed E-state index contributed by atoms with van der Waals surface area (Å²) in [4.78, 5) is 15.2. The zero-order valence-corrected chi connectivity index (χ0v) is 19.0. The lowest BCUT2D eigenvalue weighted by Crippen LogP contribution is -2.45. The number of nitrogens with one attached hydrogen (secondary N) is 1. The Hall–Kier alpha value is -2.67. The van der Waals surface area contributed by atoms with Crippen LogP contribution in [0.1, 0.15) is 62.3 Å². The molecule has 164 valence electrons. The number of nitrogens with zero attached hydrogens (tertiary/aromatic N) is 2. The van der Waals surface area contributed by atoms with Crippen LogP contribution in [-0.2, 0) is 14.8 Å². The van der Waals surface area contributed by atoms with E-state index in [9.17, 15) is 13.2 Å². The van der Waals surface area contributed by atoms with Gasteiger partial charge in [0.25, 0.3) is 10.0 Å². The monoisotopic (exact) mass is 439 g/mol. The Morgan fingerprint density at radius 2 is 1.74 bits per heavy atom. The van der Waals surface area contributed by atoms with Gasteiger partial charge in [0.15, 0.2) is 5.84 Å². The maximum absolute atomic E-state index is 13.0. The number of carbonyl (C=O) groups is 1. The summed E-state index contributed by atoms with van der Waals surface area (Å²) < 4.78 is 28.8. The number of benzene rings is 2. The predicted octanol–water partition coefficient (Wildman–Crippen LogP) is 3.85. The van der Waals surface area contributed by atoms with E-state index in [1.54, 1.807) is 18.2 Å². The molecule has 2 aliphatic heterocycles. The molecular formula is C24H29N3O3S. The fraction of sp³-hybridized carbons (Fsp3) is 0.417. The maximum Gasteiger partial charge on any atom is 0.285 e. The summed E-state index contributed by atoms with van der Waals surface area (Å²) in [6.45, 7) is 7.47. The second-order valence-electron chi connectivity index (χ2n) is 8.72. The number of carbonyl (C=O) groups excluding carboxylic acids is 1. The Bertz CT molecular complexity index is 1110. The highest BCUT2D eigenvalue weighted by Crippen LogP contribution is 2.30. The van der Waals surface area contributed by atoms with Gasteiger partial charge in [-0.05, 0) is 48.9 Å². The van der Waals surface area contributed by atoms with Gasteiger partial charge in [0.1, 0.15) is 4.90 Å². The highest BCUT2D eigenvalue weighted by molar-refractivity contribution is 7.90. The van der Waals surface area contributed by atoms with Crippen LogP contribution < -0.4 is 5.32 Å². The molecule has 1 amide bonds. The van der Waals surface area contributed by atoms with Gasteiger partial charge in [-0.25, -0.2) is 0 Å². The van der Waals surface area contributed by atoms with Gasteiger partial charge in [0.05, 0.1) is 12.0 Å². The second-order valence-corrected chi connectivity index (χ2v) is 10.3. The second kappa shape index (κ2) is 8.46. The Labute approximate surface area is 184 Å². The van der Waals surface area contributed by atoms with Crippen molar-refractivity contribution in [3.05, 3.63) is 65.2 Å². The van der Waals surface area contributed by atoms with Gasteiger partial charge < -0.3 is 10.2 Å². The molecule has 7 heteroatoms. The molecule has 2 atom stereocenters. The molecule has 31 heavy (non-hydrogen) atoms. The van der Waals surface area contributed by atoms with Crippen molar-refractivity contribution in [3.63, 3.8) is 0 Å². The van der Waals surface area contributed by atoms with Crippen LogP contribution in [0.5, 0.6) is 0 Å². The van der Waals surface area contributed by atoms with Crippen molar-refractivity contribution < 1.29 is 13.2 Å². The first kappa shape index (κ1) is 21.6. The molecule has 1 fully saturated rings. The van der Waals surface area contributed by atoms with Crippen LogP contribution in [0.2, 0.25) is 0 Å². The third-order valence-corrected chi connectivity index (χ3v) is 7.49. The molecule has 0 spiro atoms. The molecule has 4 rings (SSSR count). The molecular weight excluding hydrogens is 410 g/mol. The number of amidine groups is 1. The van der Waals surface area contributed by atoms with E-state index in [-0.39, 0.29) is 22.8 Å². The molecule has 2 aliphatic rings. The predicted molar refractivity (Wildman–Crippen MR) is 122 cm³/mol. The SMILES string of the molecule is CC(C)c1ccc(C(C)NC(=O)C2CCCN(C3=NS(=O)(=O)c4ccccc43)C2)cc1. The van der Waals surface area contributed by atoms with Crippen LogP contribution in [0.15, 0.2) is 57.8 Å². The molecule has 2 aromatic carbocycles. The molecule has 2 aromatic rings. The van der Waals surface area contributed by atoms with E-state index in [1.807, 2.05) is 17.9 Å². The van der Waals surface area contributed by atoms with Gasteiger partial charge in [0.2, 0.25) is 5.91 Å². The fourth-order valence-electron chi connectivity index (χ4n) is 4.28. The van der Waals surface area contributed by atoms with Crippen LogP contribution in [0, 0.1) is 5.92 Å². The van der Waals surface area contributed by atoms with E-state index in [2.05, 4.69) is 47.8 Å². The summed E-state index contributed by atoms with van der Waals surface area (Å²) in [5, 5.41) is 3.14. The van der Waals surface area contributed by atoms with Gasteiger partial charge in [-0.3, -0.25) is 4.79 Å². The summed E-state index contributed by atoms with van der Waals surface area (Å²) in [7, 11) is -3.66. The van der Waals surface area contributed by atoms with Crippen molar-refractivity contribution >= 4 is 21.8 Å². The van der Waals surface area contributed by atoms with Gasteiger partial charge in [0, 0.05) is 18.7 Å². The standard InChI is InChI=1S/C24H29N3O3S/c1-16(2)18-10-12-19(13-11-18)17(3)25-24(28)20-7-6-14-27(15-20)23-21-8-4-5-9-22(21)31(29,30)26-23/h4-5,8-13,16-17,20H,6-7,14-15H2,1-3H3,(H,25,28). The Morgan fingerprint density at radius 3 is 2.45 bits per heavy atom. The minimum Gasteiger partial charge on any atom is -0.355 e. The summed E-state index contributed by atoms with van der Waals surface area (Å²) in [6, 6.07) is 15.2. The quantitative estimate of drug-likeness (QED) is 0.785. The number of hydrogen-bond acceptors (Lipinski definition) is 4. The number of amides is 1. The number of sulfonamides is 1. The van der Waals surface area contributed by atoms with Gasteiger partial charge in [-0.15, -0.1) is 4.40 Å². The number of fused-ring (bicyclic) bond motifs is 1. The molecule has 0 aromatic heterocycles. The van der Waals surface area contributed by atoms with E-state index in [1.165, 1.54) is 5.56 Å². The number of hydrogen-bond donors (Lipinski definition) is 1. The van der Waals surface area contributed by atoms with Crippen molar-refractivity contribution in [2.75, 3.05) is 13.1 Å². The highest BCUT2D eigenvalue weighted by atomic mass is 32.2. The Balaban J connectivity index is 1.45. The normalized spacial score (nSPS) is 20.8. The molecule has 1 N–H and O–H groups in total. The topological polar surface area (TPSA) is 78.8 Å².